The molecule has 0 fully saturated rings. The van der Waals surface area contributed by atoms with Gasteiger partial charge < -0.3 is 20.7 Å². The van der Waals surface area contributed by atoms with Crippen molar-refractivity contribution in [3.63, 3.8) is 0 Å². The van der Waals surface area contributed by atoms with Crippen LogP contribution in [0.2, 0.25) is 5.02 Å². The van der Waals surface area contributed by atoms with Gasteiger partial charge in [0.2, 0.25) is 5.91 Å². The number of benzene rings is 1. The van der Waals surface area contributed by atoms with Crippen LogP contribution in [0.25, 0.3) is 0 Å². The zero-order chi connectivity index (χ0) is 16.4. The van der Waals surface area contributed by atoms with E-state index in [9.17, 15) is 9.59 Å². The van der Waals surface area contributed by atoms with Crippen LogP contribution in [0.3, 0.4) is 0 Å². The molecule has 2 amide bonds. The van der Waals surface area contributed by atoms with Crippen LogP contribution in [0.5, 0.6) is 5.75 Å². The first kappa shape index (κ1) is 18.0. The Bertz CT molecular complexity index is 517. The molecule has 0 aromatic heterocycles. The molecule has 1 rings (SSSR count). The summed E-state index contributed by atoms with van der Waals surface area (Å²) in [4.78, 5) is 22.9. The molecule has 0 atom stereocenters. The highest BCUT2D eigenvalue weighted by molar-refractivity contribution is 6.30. The van der Waals surface area contributed by atoms with Crippen molar-refractivity contribution in [1.82, 2.24) is 16.0 Å². The van der Waals surface area contributed by atoms with E-state index in [0.29, 0.717) is 29.4 Å². The number of ether oxygens (including phenoxy) is 1. The zero-order valence-electron chi connectivity index (χ0n) is 12.4. The molecule has 6 nitrogen and oxygen atoms in total. The lowest BCUT2D eigenvalue weighted by Gasteiger charge is -2.10. The Kier molecular flexibility index (Phi) is 8.03. The van der Waals surface area contributed by atoms with Crippen molar-refractivity contribution < 1.29 is 14.3 Å². The molecule has 1 aromatic rings. The van der Waals surface area contributed by atoms with Crippen molar-refractivity contribution in [3.8, 4) is 5.75 Å². The molecule has 0 aliphatic carbocycles. The number of carbonyl (C=O) groups excluding carboxylic acids is 2. The molecule has 1 aromatic carbocycles. The monoisotopic (exact) mass is 325 g/mol. The maximum atomic E-state index is 11.6. The number of nitrogens with one attached hydrogen (secondary N) is 3. The van der Waals surface area contributed by atoms with Crippen molar-refractivity contribution in [2.45, 2.75) is 6.42 Å². The van der Waals surface area contributed by atoms with Crippen LogP contribution >= 0.6 is 11.6 Å². The van der Waals surface area contributed by atoms with Crippen molar-refractivity contribution in [1.29, 1.82) is 0 Å². The van der Waals surface area contributed by atoms with Gasteiger partial charge in [-0.1, -0.05) is 18.2 Å². The van der Waals surface area contributed by atoms with Gasteiger partial charge in [0.1, 0.15) is 5.75 Å². The van der Waals surface area contributed by atoms with E-state index >= 15 is 0 Å². The largest absolute Gasteiger partial charge is 0.484 e. The third-order valence-corrected chi connectivity index (χ3v) is 2.84. The van der Waals surface area contributed by atoms with Crippen LogP contribution in [0.4, 0.5) is 0 Å². The summed E-state index contributed by atoms with van der Waals surface area (Å²) >= 11 is 5.75. The molecule has 0 heterocycles. The predicted molar refractivity (Wildman–Crippen MR) is 85.8 cm³/mol. The summed E-state index contributed by atoms with van der Waals surface area (Å²) in [7, 11) is 1.68. The van der Waals surface area contributed by atoms with Crippen molar-refractivity contribution in [2.75, 3.05) is 26.7 Å². The van der Waals surface area contributed by atoms with Gasteiger partial charge in [-0.3, -0.25) is 9.59 Å². The zero-order valence-corrected chi connectivity index (χ0v) is 13.2. The summed E-state index contributed by atoms with van der Waals surface area (Å²) < 4.78 is 5.31. The van der Waals surface area contributed by atoms with Crippen LogP contribution in [0, 0.1) is 0 Å². The molecular formula is C15H20ClN3O3. The Labute approximate surface area is 134 Å². The van der Waals surface area contributed by atoms with Gasteiger partial charge >= 0.3 is 0 Å². The number of hydrogen-bond donors (Lipinski definition) is 3. The van der Waals surface area contributed by atoms with E-state index in [0.717, 1.165) is 0 Å². The fourth-order valence-electron chi connectivity index (χ4n) is 1.55. The molecule has 0 unspecified atom stereocenters. The van der Waals surface area contributed by atoms with E-state index in [1.807, 2.05) is 0 Å². The molecule has 0 bridgehead atoms. The molecular weight excluding hydrogens is 306 g/mol. The highest BCUT2D eigenvalue weighted by atomic mass is 35.5. The van der Waals surface area contributed by atoms with Gasteiger partial charge in [-0.15, -0.1) is 0 Å². The summed E-state index contributed by atoms with van der Waals surface area (Å²) in [6.45, 7) is 4.24. The number of likely N-dealkylation sites (N-methyl/N-ethyl adjacent to an activating group) is 1. The predicted octanol–water partition coefficient (Wildman–Crippen LogP) is 1.07. The summed E-state index contributed by atoms with van der Waals surface area (Å²) in [6, 6.07) is 6.75. The Balaban J connectivity index is 2.16. The van der Waals surface area contributed by atoms with Crippen molar-refractivity contribution >= 4 is 23.4 Å². The molecule has 0 aliphatic rings. The lowest BCUT2D eigenvalue weighted by Crippen LogP contribution is -2.34. The molecule has 0 saturated carbocycles. The van der Waals surface area contributed by atoms with Crippen LogP contribution in [-0.4, -0.2) is 38.6 Å². The SMILES string of the molecule is C=C(CCNC(=O)COc1ccc(Cl)cc1)NC(=O)CNC. The number of carbonyl (C=O) groups is 2. The summed E-state index contributed by atoms with van der Waals surface area (Å²) in [6.07, 6.45) is 0.460. The van der Waals surface area contributed by atoms with E-state index in [4.69, 9.17) is 16.3 Å². The second kappa shape index (κ2) is 9.81. The maximum absolute atomic E-state index is 11.6. The quantitative estimate of drug-likeness (QED) is 0.634. The second-order valence-electron chi connectivity index (χ2n) is 4.52. The lowest BCUT2D eigenvalue weighted by atomic mass is 10.3. The molecule has 3 N–H and O–H groups in total. The minimum atomic E-state index is -0.246. The molecule has 0 radical (unpaired) electrons. The van der Waals surface area contributed by atoms with Gasteiger partial charge in [0.05, 0.1) is 6.54 Å². The van der Waals surface area contributed by atoms with Gasteiger partial charge in [0.15, 0.2) is 6.61 Å². The van der Waals surface area contributed by atoms with Crippen molar-refractivity contribution in [2.24, 2.45) is 0 Å². The first-order chi connectivity index (χ1) is 10.5. The second-order valence-corrected chi connectivity index (χ2v) is 4.96. The molecule has 7 heteroatoms. The van der Waals surface area contributed by atoms with E-state index in [2.05, 4.69) is 22.5 Å². The fraction of sp³-hybridized carbons (Fsp3) is 0.333. The lowest BCUT2D eigenvalue weighted by molar-refractivity contribution is -0.123. The summed E-state index contributed by atoms with van der Waals surface area (Å²) in [5.74, 6) is 0.164. The van der Waals surface area contributed by atoms with E-state index in [1.165, 1.54) is 0 Å². The van der Waals surface area contributed by atoms with Crippen LogP contribution < -0.4 is 20.7 Å². The molecule has 0 spiro atoms. The first-order valence-corrected chi connectivity index (χ1v) is 7.16. The Morgan fingerprint density at radius 3 is 2.55 bits per heavy atom. The van der Waals surface area contributed by atoms with E-state index < -0.39 is 0 Å². The molecule has 22 heavy (non-hydrogen) atoms. The molecule has 0 aliphatic heterocycles. The normalized spacial score (nSPS) is 9.91. The van der Waals surface area contributed by atoms with Crippen LogP contribution in [0.1, 0.15) is 6.42 Å². The van der Waals surface area contributed by atoms with Gasteiger partial charge in [-0.05, 0) is 31.3 Å². The van der Waals surface area contributed by atoms with Gasteiger partial charge in [0, 0.05) is 23.7 Å². The highest BCUT2D eigenvalue weighted by Crippen LogP contribution is 2.15. The average molecular weight is 326 g/mol. The Morgan fingerprint density at radius 1 is 1.23 bits per heavy atom. The van der Waals surface area contributed by atoms with Gasteiger partial charge in [-0.2, -0.15) is 0 Å². The van der Waals surface area contributed by atoms with E-state index in [-0.39, 0.29) is 25.0 Å². The maximum Gasteiger partial charge on any atom is 0.257 e. The smallest absolute Gasteiger partial charge is 0.257 e. The highest BCUT2D eigenvalue weighted by Gasteiger charge is 2.04. The fourth-order valence-corrected chi connectivity index (χ4v) is 1.67. The van der Waals surface area contributed by atoms with Gasteiger partial charge in [-0.25, -0.2) is 0 Å². The standard InChI is InChI=1S/C15H20ClN3O3/c1-11(19-14(20)9-17-2)7-8-18-15(21)10-22-13-5-3-12(16)4-6-13/h3-6,17H,1,7-10H2,2H3,(H,18,21)(H,19,20). The van der Waals surface area contributed by atoms with Crippen LogP contribution in [-0.2, 0) is 9.59 Å². The number of halogens is 1. The average Bonchev–Trinajstić information content (AvgIpc) is 2.46. The molecule has 120 valence electrons. The Morgan fingerprint density at radius 2 is 1.91 bits per heavy atom. The topological polar surface area (TPSA) is 79.5 Å². The summed E-state index contributed by atoms with van der Waals surface area (Å²) in [5, 5.41) is 8.65. The van der Waals surface area contributed by atoms with Crippen molar-refractivity contribution in [3.05, 3.63) is 41.6 Å². The van der Waals surface area contributed by atoms with Gasteiger partial charge in [0.25, 0.3) is 5.91 Å². The number of hydrogen-bond acceptors (Lipinski definition) is 4. The first-order valence-electron chi connectivity index (χ1n) is 6.78. The molecule has 0 saturated heterocycles. The number of amides is 2. The summed E-state index contributed by atoms with van der Waals surface area (Å²) in [5.41, 5.74) is 0.555. The third-order valence-electron chi connectivity index (χ3n) is 2.59. The minimum absolute atomic E-state index is 0.0831. The Hall–Kier alpha value is -2.05. The van der Waals surface area contributed by atoms with Crippen LogP contribution in [0.15, 0.2) is 36.5 Å². The minimum Gasteiger partial charge on any atom is -0.484 e. The van der Waals surface area contributed by atoms with E-state index in [1.54, 1.807) is 31.3 Å². The third kappa shape index (κ3) is 7.66. The number of rotatable bonds is 9.